The third kappa shape index (κ3) is 7.26. The van der Waals surface area contributed by atoms with Gasteiger partial charge in [-0.2, -0.15) is 0 Å². The lowest BCUT2D eigenvalue weighted by Crippen LogP contribution is -2.61. The van der Waals surface area contributed by atoms with E-state index in [0.717, 1.165) is 0 Å². The van der Waals surface area contributed by atoms with E-state index in [4.69, 9.17) is 15.2 Å². The number of carbonyl (C=O) groups excluding carboxylic acids is 2. The van der Waals surface area contributed by atoms with Crippen LogP contribution in [0.2, 0.25) is 0 Å². The molecule has 1 aromatic rings. The molecular formula is C19H28N2O6. The van der Waals surface area contributed by atoms with Gasteiger partial charge in [-0.3, -0.25) is 5.32 Å². The first-order valence-electron chi connectivity index (χ1n) is 8.76. The average Bonchev–Trinajstić information content (AvgIpc) is 2.58. The second kappa shape index (κ2) is 9.91. The zero-order valence-electron chi connectivity index (χ0n) is 16.0. The van der Waals surface area contributed by atoms with E-state index in [1.165, 1.54) is 0 Å². The number of ether oxygens (including phenoxy) is 2. The molecule has 0 spiro atoms. The van der Waals surface area contributed by atoms with Crippen molar-refractivity contribution >= 4 is 18.0 Å². The number of aliphatic carboxylic acids is 1. The molecule has 0 aromatic heterocycles. The van der Waals surface area contributed by atoms with Crippen molar-refractivity contribution in [1.29, 1.82) is 0 Å². The predicted molar refractivity (Wildman–Crippen MR) is 98.9 cm³/mol. The van der Waals surface area contributed by atoms with Gasteiger partial charge in [0, 0.05) is 0 Å². The minimum absolute atomic E-state index is 0.110. The molecule has 150 valence electrons. The third-order valence-electron chi connectivity index (χ3n) is 3.65. The Labute approximate surface area is 159 Å². The van der Waals surface area contributed by atoms with Crippen LogP contribution in [0.5, 0.6) is 0 Å². The highest BCUT2D eigenvalue weighted by Crippen LogP contribution is 2.20. The third-order valence-corrected chi connectivity index (χ3v) is 3.65. The van der Waals surface area contributed by atoms with Crippen LogP contribution in [0.15, 0.2) is 30.3 Å². The summed E-state index contributed by atoms with van der Waals surface area (Å²) in [6, 6.07) is 8.84. The number of carboxylic acids is 1. The fraction of sp³-hybridized carbons (Fsp3) is 0.526. The molecule has 0 aliphatic heterocycles. The topological polar surface area (TPSA) is 128 Å². The SMILES string of the molecule is CC(C)(C)OC(=O)N[C@@](CCCCN)(C(=O)O)C(=O)OCc1ccccc1. The average molecular weight is 380 g/mol. The number of carbonyl (C=O) groups is 3. The van der Waals surface area contributed by atoms with Crippen molar-refractivity contribution in [3.8, 4) is 0 Å². The maximum atomic E-state index is 12.7. The van der Waals surface area contributed by atoms with Crippen molar-refractivity contribution in [2.24, 2.45) is 5.73 Å². The molecular weight excluding hydrogens is 352 g/mol. The smallest absolute Gasteiger partial charge is 0.409 e. The summed E-state index contributed by atoms with van der Waals surface area (Å²) in [4.78, 5) is 36.8. The lowest BCUT2D eigenvalue weighted by atomic mass is 9.92. The van der Waals surface area contributed by atoms with Gasteiger partial charge in [-0.25, -0.2) is 14.4 Å². The largest absolute Gasteiger partial charge is 0.479 e. The number of nitrogens with two attached hydrogens (primary N) is 1. The Bertz CT molecular complexity index is 641. The monoisotopic (exact) mass is 380 g/mol. The number of nitrogens with one attached hydrogen (secondary N) is 1. The lowest BCUT2D eigenvalue weighted by Gasteiger charge is -2.30. The van der Waals surface area contributed by atoms with Gasteiger partial charge < -0.3 is 20.3 Å². The van der Waals surface area contributed by atoms with Crippen LogP contribution < -0.4 is 11.1 Å². The standard InChI is InChI=1S/C19H28N2O6/c1-18(2,3)27-17(25)21-19(15(22)23,11-7-8-12-20)16(24)26-13-14-9-5-4-6-10-14/h4-6,9-10H,7-8,11-13,20H2,1-3H3,(H,21,25)(H,22,23)/t19-/m0/s1. The number of hydrogen-bond donors (Lipinski definition) is 3. The molecule has 1 aromatic carbocycles. The Balaban J connectivity index is 2.99. The number of amides is 1. The Morgan fingerprint density at radius 1 is 1.11 bits per heavy atom. The summed E-state index contributed by atoms with van der Waals surface area (Å²) >= 11 is 0. The summed E-state index contributed by atoms with van der Waals surface area (Å²) in [7, 11) is 0. The molecule has 8 nitrogen and oxygen atoms in total. The van der Waals surface area contributed by atoms with Gasteiger partial charge in [0.25, 0.3) is 0 Å². The van der Waals surface area contributed by atoms with Gasteiger partial charge in [0.1, 0.15) is 12.2 Å². The van der Waals surface area contributed by atoms with Crippen molar-refractivity contribution in [3.05, 3.63) is 35.9 Å². The number of hydrogen-bond acceptors (Lipinski definition) is 6. The normalized spacial score (nSPS) is 13.3. The van der Waals surface area contributed by atoms with Gasteiger partial charge in [0.2, 0.25) is 5.54 Å². The zero-order valence-corrected chi connectivity index (χ0v) is 16.0. The molecule has 0 fully saturated rings. The van der Waals surface area contributed by atoms with Crippen LogP contribution in [-0.2, 0) is 25.7 Å². The van der Waals surface area contributed by atoms with Crippen LogP contribution in [0.25, 0.3) is 0 Å². The highest BCUT2D eigenvalue weighted by atomic mass is 16.6. The fourth-order valence-electron chi connectivity index (χ4n) is 2.32. The molecule has 27 heavy (non-hydrogen) atoms. The molecule has 4 N–H and O–H groups in total. The lowest BCUT2D eigenvalue weighted by molar-refractivity contribution is -0.164. The van der Waals surface area contributed by atoms with Crippen molar-refractivity contribution < 1.29 is 29.0 Å². The second-order valence-electron chi connectivity index (χ2n) is 7.14. The number of rotatable bonds is 9. The quantitative estimate of drug-likeness (QED) is 0.340. The maximum Gasteiger partial charge on any atom is 0.409 e. The molecule has 0 bridgehead atoms. The van der Waals surface area contributed by atoms with Gasteiger partial charge in [0.05, 0.1) is 0 Å². The van der Waals surface area contributed by atoms with Crippen molar-refractivity contribution in [1.82, 2.24) is 5.32 Å². The number of alkyl carbamates (subject to hydrolysis) is 1. The Morgan fingerprint density at radius 2 is 1.74 bits per heavy atom. The van der Waals surface area contributed by atoms with Crippen molar-refractivity contribution in [2.45, 2.75) is 57.8 Å². The number of benzene rings is 1. The molecule has 1 atom stereocenters. The Hall–Kier alpha value is -2.61. The minimum Gasteiger partial charge on any atom is -0.479 e. The van der Waals surface area contributed by atoms with E-state index in [9.17, 15) is 19.5 Å². The molecule has 1 amide bonds. The first-order chi connectivity index (χ1) is 12.6. The van der Waals surface area contributed by atoms with E-state index in [1.807, 2.05) is 6.07 Å². The van der Waals surface area contributed by atoms with Gasteiger partial charge in [0.15, 0.2) is 0 Å². The van der Waals surface area contributed by atoms with Crippen LogP contribution in [0, 0.1) is 0 Å². The second-order valence-corrected chi connectivity index (χ2v) is 7.14. The van der Waals surface area contributed by atoms with E-state index in [-0.39, 0.29) is 13.0 Å². The predicted octanol–water partition coefficient (Wildman–Crippen LogP) is 2.21. The molecule has 0 saturated heterocycles. The fourth-order valence-corrected chi connectivity index (χ4v) is 2.32. The molecule has 0 radical (unpaired) electrons. The van der Waals surface area contributed by atoms with Crippen LogP contribution in [0.1, 0.15) is 45.6 Å². The maximum absolute atomic E-state index is 12.7. The first kappa shape index (κ1) is 22.4. The van der Waals surface area contributed by atoms with Crippen LogP contribution in [0.4, 0.5) is 4.79 Å². The van der Waals surface area contributed by atoms with Crippen LogP contribution in [0.3, 0.4) is 0 Å². The molecule has 0 heterocycles. The Kier molecular flexibility index (Phi) is 8.24. The molecule has 8 heteroatoms. The summed E-state index contributed by atoms with van der Waals surface area (Å²) in [5, 5.41) is 11.9. The number of unbranched alkanes of at least 4 members (excludes halogenated alkanes) is 1. The zero-order chi connectivity index (χ0) is 20.5. The highest BCUT2D eigenvalue weighted by Gasteiger charge is 2.49. The van der Waals surface area contributed by atoms with Crippen LogP contribution >= 0.6 is 0 Å². The molecule has 0 saturated carbocycles. The minimum atomic E-state index is -2.24. The van der Waals surface area contributed by atoms with E-state index in [1.54, 1.807) is 45.0 Å². The summed E-state index contributed by atoms with van der Waals surface area (Å²) in [6.45, 7) is 5.13. The van der Waals surface area contributed by atoms with Crippen LogP contribution in [-0.4, -0.2) is 40.8 Å². The van der Waals surface area contributed by atoms with Gasteiger partial charge in [-0.05, 0) is 52.1 Å². The first-order valence-corrected chi connectivity index (χ1v) is 8.76. The summed E-state index contributed by atoms with van der Waals surface area (Å²) in [5.74, 6) is -2.56. The highest BCUT2D eigenvalue weighted by molar-refractivity contribution is 6.06. The van der Waals surface area contributed by atoms with E-state index < -0.39 is 29.2 Å². The molecule has 0 aliphatic rings. The summed E-state index contributed by atoms with van der Waals surface area (Å²) < 4.78 is 10.3. The summed E-state index contributed by atoms with van der Waals surface area (Å²) in [5.41, 5.74) is 3.06. The number of esters is 1. The van der Waals surface area contributed by atoms with E-state index in [2.05, 4.69) is 5.32 Å². The van der Waals surface area contributed by atoms with E-state index >= 15 is 0 Å². The van der Waals surface area contributed by atoms with Crippen molar-refractivity contribution in [3.63, 3.8) is 0 Å². The number of carboxylic acid groups (broad SMARTS) is 1. The molecule has 1 rings (SSSR count). The van der Waals surface area contributed by atoms with E-state index in [0.29, 0.717) is 24.9 Å². The summed E-state index contributed by atoms with van der Waals surface area (Å²) in [6.07, 6.45) is -0.350. The van der Waals surface area contributed by atoms with Gasteiger partial charge in [-0.1, -0.05) is 30.3 Å². The molecule has 0 unspecified atom stereocenters. The molecule has 0 aliphatic carbocycles. The van der Waals surface area contributed by atoms with Crippen molar-refractivity contribution in [2.75, 3.05) is 6.54 Å². The van der Waals surface area contributed by atoms with Gasteiger partial charge >= 0.3 is 18.0 Å². The Morgan fingerprint density at radius 3 is 2.26 bits per heavy atom. The van der Waals surface area contributed by atoms with Gasteiger partial charge in [-0.15, -0.1) is 0 Å².